The Labute approximate surface area is 167 Å². The Morgan fingerprint density at radius 3 is 2.61 bits per heavy atom. The van der Waals surface area contributed by atoms with Crippen molar-refractivity contribution in [2.45, 2.75) is 11.4 Å². The Kier molecular flexibility index (Phi) is 5.68. The topological polar surface area (TPSA) is 68.0 Å². The van der Waals surface area contributed by atoms with E-state index in [1.165, 1.54) is 17.3 Å². The summed E-state index contributed by atoms with van der Waals surface area (Å²) >= 11 is 1.41. The molecule has 0 radical (unpaired) electrons. The van der Waals surface area contributed by atoms with E-state index in [4.69, 9.17) is 4.42 Å². The van der Waals surface area contributed by atoms with E-state index in [-0.39, 0.29) is 5.91 Å². The van der Waals surface area contributed by atoms with Gasteiger partial charge in [0.15, 0.2) is 11.6 Å². The summed E-state index contributed by atoms with van der Waals surface area (Å²) in [5, 5.41) is 4.67. The molecule has 0 fully saturated rings. The first-order chi connectivity index (χ1) is 13.8. The summed E-state index contributed by atoms with van der Waals surface area (Å²) in [5.41, 5.74) is 2.04. The maximum absolute atomic E-state index is 12.3. The van der Waals surface area contributed by atoms with Gasteiger partial charge >= 0.3 is 0 Å². The summed E-state index contributed by atoms with van der Waals surface area (Å²) in [4.78, 5) is 21.5. The lowest BCUT2D eigenvalue weighted by atomic mass is 10.1. The van der Waals surface area contributed by atoms with E-state index in [1.54, 1.807) is 12.3 Å². The molecule has 2 aromatic heterocycles. The van der Waals surface area contributed by atoms with E-state index in [1.807, 2.05) is 48.5 Å². The van der Waals surface area contributed by atoms with Gasteiger partial charge in [-0.05, 0) is 30.2 Å². The molecule has 140 valence electrons. The molecule has 4 rings (SSSR count). The summed E-state index contributed by atoms with van der Waals surface area (Å²) in [6, 6.07) is 21.5. The number of amides is 1. The van der Waals surface area contributed by atoms with Crippen molar-refractivity contribution in [1.29, 1.82) is 0 Å². The molecule has 0 atom stereocenters. The Bertz CT molecular complexity index is 1070. The fourth-order valence-electron chi connectivity index (χ4n) is 2.85. The summed E-state index contributed by atoms with van der Waals surface area (Å²) in [6.45, 7) is 0.617. The van der Waals surface area contributed by atoms with Crippen LogP contribution in [0.1, 0.15) is 5.56 Å². The molecule has 0 unspecified atom stereocenters. The molecule has 1 N–H and O–H groups in total. The van der Waals surface area contributed by atoms with Crippen molar-refractivity contribution in [3.8, 4) is 11.6 Å². The molecule has 28 heavy (non-hydrogen) atoms. The van der Waals surface area contributed by atoms with Gasteiger partial charge < -0.3 is 9.73 Å². The smallest absolute Gasteiger partial charge is 0.230 e. The van der Waals surface area contributed by atoms with Crippen LogP contribution in [0, 0.1) is 0 Å². The number of thioether (sulfide) groups is 1. The van der Waals surface area contributed by atoms with Gasteiger partial charge in [0.05, 0.1) is 17.5 Å². The second kappa shape index (κ2) is 8.71. The molecule has 0 aliphatic carbocycles. The second-order valence-corrected chi connectivity index (χ2v) is 7.19. The summed E-state index contributed by atoms with van der Waals surface area (Å²) in [5.74, 6) is 1.42. The van der Waals surface area contributed by atoms with Crippen molar-refractivity contribution < 1.29 is 9.21 Å². The first-order valence-corrected chi connectivity index (χ1v) is 10.0. The third-order valence-electron chi connectivity index (χ3n) is 4.23. The van der Waals surface area contributed by atoms with Crippen LogP contribution < -0.4 is 5.32 Å². The van der Waals surface area contributed by atoms with Gasteiger partial charge in [0.1, 0.15) is 5.03 Å². The van der Waals surface area contributed by atoms with Gasteiger partial charge in [0, 0.05) is 11.9 Å². The minimum absolute atomic E-state index is 0.0110. The van der Waals surface area contributed by atoms with E-state index in [0.29, 0.717) is 23.9 Å². The number of nitrogens with one attached hydrogen (secondary N) is 1. The minimum Gasteiger partial charge on any atom is -0.461 e. The van der Waals surface area contributed by atoms with Crippen LogP contribution >= 0.6 is 11.8 Å². The molecular formula is C22H19N3O2S. The van der Waals surface area contributed by atoms with Gasteiger partial charge in [-0.15, -0.1) is 0 Å². The summed E-state index contributed by atoms with van der Waals surface area (Å²) < 4.78 is 5.43. The average Bonchev–Trinajstić information content (AvgIpc) is 3.27. The van der Waals surface area contributed by atoms with E-state index in [0.717, 1.165) is 22.3 Å². The van der Waals surface area contributed by atoms with Gasteiger partial charge in [-0.1, -0.05) is 60.3 Å². The van der Waals surface area contributed by atoms with Crippen molar-refractivity contribution >= 4 is 28.6 Å². The lowest BCUT2D eigenvalue weighted by molar-refractivity contribution is -0.118. The molecule has 0 spiro atoms. The van der Waals surface area contributed by atoms with Crippen molar-refractivity contribution in [3.05, 3.63) is 78.6 Å². The number of furan rings is 1. The van der Waals surface area contributed by atoms with Crippen LogP contribution in [0.3, 0.4) is 0 Å². The fourth-order valence-corrected chi connectivity index (χ4v) is 3.70. The highest BCUT2D eigenvalue weighted by Crippen LogP contribution is 2.28. The average molecular weight is 389 g/mol. The van der Waals surface area contributed by atoms with Crippen LogP contribution in [0.4, 0.5) is 0 Å². The van der Waals surface area contributed by atoms with Gasteiger partial charge in [0.25, 0.3) is 0 Å². The van der Waals surface area contributed by atoms with Crippen molar-refractivity contribution in [2.75, 3.05) is 12.3 Å². The maximum Gasteiger partial charge on any atom is 0.230 e. The quantitative estimate of drug-likeness (QED) is 0.376. The van der Waals surface area contributed by atoms with Crippen LogP contribution in [-0.2, 0) is 11.2 Å². The zero-order valence-electron chi connectivity index (χ0n) is 15.2. The van der Waals surface area contributed by atoms with Crippen molar-refractivity contribution in [1.82, 2.24) is 15.3 Å². The maximum atomic E-state index is 12.3. The number of hydrogen-bond acceptors (Lipinski definition) is 5. The second-order valence-electron chi connectivity index (χ2n) is 6.22. The first kappa shape index (κ1) is 18.3. The lowest BCUT2D eigenvalue weighted by Gasteiger charge is -2.08. The monoisotopic (exact) mass is 389 g/mol. The summed E-state index contributed by atoms with van der Waals surface area (Å²) in [6.07, 6.45) is 2.41. The molecular weight excluding hydrogens is 370 g/mol. The van der Waals surface area contributed by atoms with Gasteiger partial charge in [0.2, 0.25) is 5.91 Å². The van der Waals surface area contributed by atoms with Crippen LogP contribution in [0.15, 0.2) is 82.4 Å². The molecule has 2 aromatic carbocycles. The molecule has 1 amide bonds. The Morgan fingerprint density at radius 1 is 0.964 bits per heavy atom. The van der Waals surface area contributed by atoms with Crippen molar-refractivity contribution in [2.24, 2.45) is 0 Å². The predicted octanol–water partition coefficient (Wildman–Crippen LogP) is 4.34. The number of rotatable bonds is 7. The molecule has 4 aromatic rings. The first-order valence-electron chi connectivity index (χ1n) is 9.04. The van der Waals surface area contributed by atoms with Crippen LogP contribution in [0.25, 0.3) is 22.5 Å². The molecule has 0 saturated carbocycles. The number of benzene rings is 2. The SMILES string of the molecule is O=C(CSc1nc(-c2ccco2)nc2ccccc12)NCCc1ccccc1. The molecule has 6 heteroatoms. The molecule has 2 heterocycles. The zero-order valence-corrected chi connectivity index (χ0v) is 16.0. The molecule has 0 aliphatic heterocycles. The highest BCUT2D eigenvalue weighted by Gasteiger charge is 2.13. The number of nitrogens with zero attached hydrogens (tertiary/aromatic N) is 2. The molecule has 0 bridgehead atoms. The van der Waals surface area contributed by atoms with E-state index >= 15 is 0 Å². The third kappa shape index (κ3) is 4.40. The molecule has 0 saturated heterocycles. The van der Waals surface area contributed by atoms with Crippen LogP contribution in [-0.4, -0.2) is 28.2 Å². The Balaban J connectivity index is 1.43. The highest BCUT2D eigenvalue weighted by molar-refractivity contribution is 8.00. The predicted molar refractivity (Wildman–Crippen MR) is 111 cm³/mol. The van der Waals surface area contributed by atoms with E-state index < -0.39 is 0 Å². The number of aromatic nitrogens is 2. The van der Waals surface area contributed by atoms with E-state index in [9.17, 15) is 4.79 Å². The largest absolute Gasteiger partial charge is 0.461 e. The third-order valence-corrected chi connectivity index (χ3v) is 5.22. The minimum atomic E-state index is -0.0110. The zero-order chi connectivity index (χ0) is 19.2. The summed E-state index contributed by atoms with van der Waals surface area (Å²) in [7, 11) is 0. The molecule has 5 nitrogen and oxygen atoms in total. The lowest BCUT2D eigenvalue weighted by Crippen LogP contribution is -2.27. The van der Waals surface area contributed by atoms with E-state index in [2.05, 4.69) is 27.4 Å². The highest BCUT2D eigenvalue weighted by atomic mass is 32.2. The van der Waals surface area contributed by atoms with Crippen molar-refractivity contribution in [3.63, 3.8) is 0 Å². The number of fused-ring (bicyclic) bond motifs is 1. The van der Waals surface area contributed by atoms with Gasteiger partial charge in [-0.25, -0.2) is 9.97 Å². The van der Waals surface area contributed by atoms with Crippen LogP contribution in [0.5, 0.6) is 0 Å². The van der Waals surface area contributed by atoms with Gasteiger partial charge in [-0.3, -0.25) is 4.79 Å². The van der Waals surface area contributed by atoms with Gasteiger partial charge in [-0.2, -0.15) is 0 Å². The fraction of sp³-hybridized carbons (Fsp3) is 0.136. The number of carbonyl (C=O) groups excluding carboxylic acids is 1. The number of carbonyl (C=O) groups is 1. The van der Waals surface area contributed by atoms with Crippen LogP contribution in [0.2, 0.25) is 0 Å². The normalized spacial score (nSPS) is 10.9. The number of hydrogen-bond donors (Lipinski definition) is 1. The molecule has 0 aliphatic rings. The Hall–Kier alpha value is -3.12. The standard InChI is InChI=1S/C22H19N3O2S/c26-20(23-13-12-16-7-2-1-3-8-16)15-28-22-17-9-4-5-10-18(17)24-21(25-22)19-11-6-14-27-19/h1-11,14H,12-13,15H2,(H,23,26). The Morgan fingerprint density at radius 2 is 1.79 bits per heavy atom. The number of para-hydroxylation sites is 1.